The van der Waals surface area contributed by atoms with Crippen LogP contribution in [0, 0.1) is 5.92 Å². The van der Waals surface area contributed by atoms with Crippen molar-refractivity contribution in [2.24, 2.45) is 11.1 Å². The van der Waals surface area contributed by atoms with Gasteiger partial charge in [0.2, 0.25) is 0 Å². The van der Waals surface area contributed by atoms with Gasteiger partial charge in [0, 0.05) is 12.3 Å². The minimum Gasteiger partial charge on any atom is -0.714 e. The molecular weight excluding hydrogens is 826 g/mol. The van der Waals surface area contributed by atoms with E-state index in [0.717, 1.165) is 11.8 Å². The SMILES string of the molecule is O=C(OC[C@H]1C[C@@H](S/C(Cc2ccccc2)=N\OS(=O)(=O)[O-])[C@H](OC(=O)c2ccccc2)[C@@H](OC(=O)c2ccccc2)[C@@H]1OC(=O)c1ccccc1)c1ccccc1.[K+]. The van der Waals surface area contributed by atoms with Gasteiger partial charge in [-0.3, -0.25) is 4.28 Å². The van der Waals surface area contributed by atoms with E-state index in [1.54, 1.807) is 115 Å². The predicted octanol–water partition coefficient (Wildman–Crippen LogP) is 3.68. The summed E-state index contributed by atoms with van der Waals surface area (Å²) < 4.78 is 63.5. The number of oxime groups is 1. The van der Waals surface area contributed by atoms with Crippen LogP contribution in [0.2, 0.25) is 0 Å². The van der Waals surface area contributed by atoms with Crippen molar-refractivity contribution in [1.82, 2.24) is 0 Å². The molecule has 1 saturated carbocycles. The summed E-state index contributed by atoms with van der Waals surface area (Å²) in [5, 5.41) is 2.69. The van der Waals surface area contributed by atoms with Crippen LogP contribution in [0.5, 0.6) is 0 Å². The van der Waals surface area contributed by atoms with Gasteiger partial charge in [0.05, 0.1) is 34.1 Å². The smallest absolute Gasteiger partial charge is 0.714 e. The molecule has 5 atom stereocenters. The molecule has 0 heterocycles. The maximum atomic E-state index is 13.9. The summed E-state index contributed by atoms with van der Waals surface area (Å²) in [6.45, 7) is -0.368. The molecule has 0 aliphatic heterocycles. The second-order valence-corrected chi connectivity index (χ2v) is 15.2. The Morgan fingerprint density at radius 3 is 1.41 bits per heavy atom. The topological polar surface area (TPSA) is 184 Å². The molecular formula is C43H36KNO12S2. The van der Waals surface area contributed by atoms with Crippen molar-refractivity contribution in [2.75, 3.05) is 6.61 Å². The molecule has 1 aliphatic rings. The molecule has 0 aromatic heterocycles. The quantitative estimate of drug-likeness (QED) is 0.0231. The zero-order chi connectivity index (χ0) is 40.9. The molecule has 0 saturated heterocycles. The minimum atomic E-state index is -5.30. The Morgan fingerprint density at radius 2 is 0.966 bits per heavy atom. The van der Waals surface area contributed by atoms with Crippen LogP contribution in [0.1, 0.15) is 53.4 Å². The summed E-state index contributed by atoms with van der Waals surface area (Å²) in [6, 6.07) is 41.0. The maximum Gasteiger partial charge on any atom is 1.00 e. The Labute approximate surface area is 387 Å². The van der Waals surface area contributed by atoms with E-state index in [0.29, 0.717) is 5.56 Å². The van der Waals surface area contributed by atoms with Gasteiger partial charge in [0.1, 0.15) is 11.1 Å². The molecule has 1 fully saturated rings. The molecule has 59 heavy (non-hydrogen) atoms. The average Bonchev–Trinajstić information content (AvgIpc) is 3.25. The Kier molecular flexibility index (Phi) is 17.0. The van der Waals surface area contributed by atoms with Crippen molar-refractivity contribution in [2.45, 2.75) is 36.4 Å². The first kappa shape index (κ1) is 45.4. The first-order valence-electron chi connectivity index (χ1n) is 18.0. The number of nitrogens with zero attached hydrogens (tertiary/aromatic N) is 1. The van der Waals surface area contributed by atoms with Crippen LogP contribution in [0.25, 0.3) is 0 Å². The van der Waals surface area contributed by atoms with Crippen LogP contribution in [0.4, 0.5) is 0 Å². The number of benzene rings is 5. The Morgan fingerprint density at radius 1 is 0.576 bits per heavy atom. The third-order valence-corrected chi connectivity index (χ3v) is 10.4. The maximum absolute atomic E-state index is 13.9. The van der Waals surface area contributed by atoms with Crippen molar-refractivity contribution in [1.29, 1.82) is 0 Å². The van der Waals surface area contributed by atoms with Gasteiger partial charge in [-0.15, -0.1) is 0 Å². The number of carbonyl (C=O) groups is 4. The molecule has 0 bridgehead atoms. The number of esters is 4. The second-order valence-electron chi connectivity index (χ2n) is 13.0. The van der Waals surface area contributed by atoms with Crippen molar-refractivity contribution < 1.29 is 107 Å². The van der Waals surface area contributed by atoms with E-state index in [1.165, 1.54) is 36.4 Å². The minimum absolute atomic E-state index is 0. The Bertz CT molecular complexity index is 2300. The molecule has 0 unspecified atom stereocenters. The van der Waals surface area contributed by atoms with E-state index >= 15 is 0 Å². The molecule has 0 spiro atoms. The van der Waals surface area contributed by atoms with E-state index in [1.807, 2.05) is 0 Å². The van der Waals surface area contributed by atoms with Crippen molar-refractivity contribution in [3.8, 4) is 0 Å². The number of ether oxygens (including phenoxy) is 4. The normalized spacial score (nSPS) is 18.9. The first-order chi connectivity index (χ1) is 28.0. The van der Waals surface area contributed by atoms with Crippen LogP contribution in [-0.2, 0) is 40.1 Å². The van der Waals surface area contributed by atoms with Crippen LogP contribution >= 0.6 is 11.8 Å². The molecule has 0 radical (unpaired) electrons. The van der Waals surface area contributed by atoms with Gasteiger partial charge >= 0.3 is 75.3 Å². The van der Waals surface area contributed by atoms with E-state index < -0.39 is 63.8 Å². The van der Waals surface area contributed by atoms with Crippen LogP contribution in [0.3, 0.4) is 0 Å². The molecule has 1 aliphatic carbocycles. The fourth-order valence-electron chi connectivity index (χ4n) is 6.22. The Balaban J connectivity index is 0.00000661. The molecule has 5 aromatic carbocycles. The number of thioether (sulfide) groups is 1. The van der Waals surface area contributed by atoms with E-state index in [-0.39, 0.29) is 98.1 Å². The molecule has 0 N–H and O–H groups in total. The summed E-state index contributed by atoms with van der Waals surface area (Å²) in [4.78, 5) is 54.9. The summed E-state index contributed by atoms with van der Waals surface area (Å²) in [5.74, 6) is -4.09. The fraction of sp³-hybridized carbons (Fsp3) is 0.186. The van der Waals surface area contributed by atoms with Crippen LogP contribution in [0.15, 0.2) is 157 Å². The number of rotatable bonds is 14. The third-order valence-electron chi connectivity index (χ3n) is 8.93. The Hall–Kier alpha value is -4.65. The van der Waals surface area contributed by atoms with E-state index in [4.69, 9.17) is 18.9 Å². The monoisotopic (exact) mass is 861 g/mol. The van der Waals surface area contributed by atoms with E-state index in [2.05, 4.69) is 9.44 Å². The molecule has 298 valence electrons. The van der Waals surface area contributed by atoms with Gasteiger partial charge in [-0.1, -0.05) is 120 Å². The second kappa shape index (κ2) is 22.1. The molecule has 5 aromatic rings. The summed E-state index contributed by atoms with van der Waals surface area (Å²) >= 11 is 0.897. The van der Waals surface area contributed by atoms with Crippen molar-refractivity contribution in [3.63, 3.8) is 0 Å². The molecule has 6 rings (SSSR count). The van der Waals surface area contributed by atoms with Crippen molar-refractivity contribution in [3.05, 3.63) is 179 Å². The van der Waals surface area contributed by atoms with E-state index in [9.17, 15) is 32.1 Å². The van der Waals surface area contributed by atoms with Gasteiger partial charge in [0.15, 0.2) is 12.2 Å². The average molecular weight is 862 g/mol. The van der Waals surface area contributed by atoms with Crippen LogP contribution < -0.4 is 51.4 Å². The summed E-state index contributed by atoms with van der Waals surface area (Å²) in [7, 11) is -5.30. The first-order valence-corrected chi connectivity index (χ1v) is 20.2. The zero-order valence-corrected chi connectivity index (χ0v) is 36.4. The van der Waals surface area contributed by atoms with Gasteiger partial charge in [0.25, 0.3) is 10.4 Å². The van der Waals surface area contributed by atoms with Gasteiger partial charge in [-0.2, -0.15) is 8.42 Å². The number of carbonyl (C=O) groups excluding carboxylic acids is 4. The van der Waals surface area contributed by atoms with Gasteiger partial charge < -0.3 is 23.5 Å². The van der Waals surface area contributed by atoms with Gasteiger partial charge in [-0.05, 0) is 60.5 Å². The largest absolute Gasteiger partial charge is 1.00 e. The standard InChI is InChI=1S/C43H37NO12S2.K/c45-40(30-18-8-2-9-19-30)52-28-34-27-35(57-36(44-56-58(49,50)51)26-29-16-6-1-7-17-29)38(54-42(47)32-22-12-4-13-23-32)39(55-43(48)33-24-14-5-15-25-33)37(34)53-41(46)31-20-10-3-11-21-31;/h1-25,34-35,37-39H,26-28H2,(H,49,50,51);/q;+1/p-1/b44-36-;/t34-,35-,37-,38+,39+;/m1./s1. The van der Waals surface area contributed by atoms with Gasteiger partial charge in [-0.25, -0.2) is 19.2 Å². The summed E-state index contributed by atoms with van der Waals surface area (Å²) in [6.07, 6.45) is -4.46. The number of hydrogen-bond donors (Lipinski definition) is 0. The molecule has 16 heteroatoms. The molecule has 0 amide bonds. The third kappa shape index (κ3) is 13.4. The summed E-state index contributed by atoms with van der Waals surface area (Å²) in [5.41, 5.74) is 1.35. The number of hydrogen-bond acceptors (Lipinski definition) is 14. The zero-order valence-electron chi connectivity index (χ0n) is 31.6. The van der Waals surface area contributed by atoms with Crippen LogP contribution in [-0.4, -0.2) is 72.1 Å². The van der Waals surface area contributed by atoms with Crippen molar-refractivity contribution >= 4 is 51.1 Å². The molecule has 13 nitrogen and oxygen atoms in total. The fourth-order valence-corrected chi connectivity index (χ4v) is 7.81. The predicted molar refractivity (Wildman–Crippen MR) is 212 cm³/mol.